The van der Waals surface area contributed by atoms with E-state index >= 15 is 0 Å². The third-order valence-corrected chi connectivity index (χ3v) is 5.34. The van der Waals surface area contributed by atoms with Crippen molar-refractivity contribution in [2.24, 2.45) is 0 Å². The fourth-order valence-corrected chi connectivity index (χ4v) is 3.27. The average Bonchev–Trinajstić information content (AvgIpc) is 2.95. The number of methoxy groups -OCH3 is 1. The van der Waals surface area contributed by atoms with Crippen LogP contribution in [0.3, 0.4) is 0 Å². The standard InChI is InChI=1S/C17H23N3O.C9H13NO2.C4H4O4.ClH/c1-19(2)12-13-20(17-6-4-5-11-18-17)14-15-7-9-16(21-3)10-8-15;1-10-6-9(12)7-3-2-4-8(11)5-7;5-3(6)1-2-4(7)8;/h4-11H,12-14H2,1-3H3;2-5,9-12H,6H2,1H3;1-2H,(H,5,6)(H,7,8);1H/b;;2-1-;/t;9-;;/m.1../s1. The molecule has 0 fully saturated rings. The first-order valence-electron chi connectivity index (χ1n) is 12.7. The van der Waals surface area contributed by atoms with Crippen molar-refractivity contribution >= 4 is 30.2 Å². The number of aliphatic hydroxyl groups is 1. The number of carbonyl (C=O) groups is 2. The molecule has 2 aromatic carbocycles. The predicted molar refractivity (Wildman–Crippen MR) is 165 cm³/mol. The molecule has 1 atom stereocenters. The Morgan fingerprint density at radius 1 is 0.976 bits per heavy atom. The summed E-state index contributed by atoms with van der Waals surface area (Å²) in [4.78, 5) is 28.1. The van der Waals surface area contributed by atoms with Gasteiger partial charge < -0.3 is 40.3 Å². The van der Waals surface area contributed by atoms with Crippen molar-refractivity contribution in [2.45, 2.75) is 12.6 Å². The maximum Gasteiger partial charge on any atom is 0.328 e. The van der Waals surface area contributed by atoms with Crippen LogP contribution in [-0.2, 0) is 16.1 Å². The number of pyridine rings is 1. The molecule has 0 aliphatic carbocycles. The Morgan fingerprint density at radius 3 is 2.10 bits per heavy atom. The van der Waals surface area contributed by atoms with Crippen molar-refractivity contribution in [1.29, 1.82) is 0 Å². The number of carboxylic acid groups (broad SMARTS) is 2. The number of phenols is 1. The topological polar surface area (TPSA) is 156 Å². The maximum atomic E-state index is 9.55. The van der Waals surface area contributed by atoms with Gasteiger partial charge in [0.2, 0.25) is 0 Å². The molecular formula is C30H41ClN4O7. The Balaban J connectivity index is 0.000000678. The summed E-state index contributed by atoms with van der Waals surface area (Å²) in [6.07, 6.45) is 2.40. The number of likely N-dealkylation sites (N-methyl/N-ethyl adjacent to an activating group) is 2. The van der Waals surface area contributed by atoms with Crippen molar-refractivity contribution in [3.05, 3.63) is 96.2 Å². The van der Waals surface area contributed by atoms with Gasteiger partial charge in [0.25, 0.3) is 0 Å². The molecule has 3 aromatic rings. The summed E-state index contributed by atoms with van der Waals surface area (Å²) in [5.41, 5.74) is 1.98. The highest BCUT2D eigenvalue weighted by Gasteiger charge is 2.09. The van der Waals surface area contributed by atoms with E-state index in [2.05, 4.69) is 52.4 Å². The van der Waals surface area contributed by atoms with Crippen LogP contribution in [0, 0.1) is 0 Å². The van der Waals surface area contributed by atoms with Gasteiger partial charge in [0.15, 0.2) is 0 Å². The minimum atomic E-state index is -1.26. The number of rotatable bonds is 12. The number of hydrogen-bond donors (Lipinski definition) is 5. The van der Waals surface area contributed by atoms with E-state index in [1.165, 1.54) is 5.56 Å². The van der Waals surface area contributed by atoms with Gasteiger partial charge >= 0.3 is 11.9 Å². The maximum absolute atomic E-state index is 9.55. The minimum absolute atomic E-state index is 0. The molecule has 0 spiro atoms. The molecule has 0 unspecified atom stereocenters. The number of hydrogen-bond acceptors (Lipinski definition) is 9. The van der Waals surface area contributed by atoms with E-state index in [4.69, 9.17) is 20.1 Å². The van der Waals surface area contributed by atoms with Crippen molar-refractivity contribution in [3.8, 4) is 11.5 Å². The molecule has 0 amide bonds. The molecule has 230 valence electrons. The normalized spacial score (nSPS) is 10.8. The van der Waals surface area contributed by atoms with Crippen LogP contribution in [0.1, 0.15) is 17.2 Å². The first-order valence-corrected chi connectivity index (χ1v) is 12.7. The van der Waals surface area contributed by atoms with Gasteiger partial charge in [0.05, 0.1) is 13.2 Å². The number of phenolic OH excluding ortho intramolecular Hbond substituents is 1. The van der Waals surface area contributed by atoms with E-state index in [-0.39, 0.29) is 18.2 Å². The van der Waals surface area contributed by atoms with E-state index in [0.29, 0.717) is 18.7 Å². The van der Waals surface area contributed by atoms with Crippen molar-refractivity contribution in [2.75, 3.05) is 52.8 Å². The van der Waals surface area contributed by atoms with E-state index in [1.54, 1.807) is 38.4 Å². The van der Waals surface area contributed by atoms with Crippen LogP contribution in [0.15, 0.2) is 85.1 Å². The smallest absolute Gasteiger partial charge is 0.328 e. The lowest BCUT2D eigenvalue weighted by atomic mass is 10.1. The molecule has 0 saturated heterocycles. The lowest BCUT2D eigenvalue weighted by molar-refractivity contribution is -0.134. The summed E-state index contributed by atoms with van der Waals surface area (Å²) in [5, 5.41) is 37.0. The molecule has 0 aliphatic heterocycles. The summed E-state index contributed by atoms with van der Waals surface area (Å²) in [6, 6.07) is 20.9. The van der Waals surface area contributed by atoms with E-state index in [9.17, 15) is 14.7 Å². The van der Waals surface area contributed by atoms with Crippen LogP contribution < -0.4 is 15.0 Å². The van der Waals surface area contributed by atoms with Gasteiger partial charge in [0.1, 0.15) is 17.3 Å². The quantitative estimate of drug-likeness (QED) is 0.193. The zero-order valence-corrected chi connectivity index (χ0v) is 25.1. The number of anilines is 1. The molecule has 11 nitrogen and oxygen atoms in total. The highest BCUT2D eigenvalue weighted by Crippen LogP contribution is 2.18. The van der Waals surface area contributed by atoms with Gasteiger partial charge in [-0.25, -0.2) is 14.6 Å². The Hall–Kier alpha value is -4.16. The van der Waals surface area contributed by atoms with Crippen LogP contribution in [0.2, 0.25) is 0 Å². The number of aliphatic hydroxyl groups excluding tert-OH is 1. The molecular weight excluding hydrogens is 564 g/mol. The third kappa shape index (κ3) is 16.8. The van der Waals surface area contributed by atoms with Crippen LogP contribution >= 0.6 is 12.4 Å². The summed E-state index contributed by atoms with van der Waals surface area (Å²) in [6.45, 7) is 3.26. The first kappa shape index (κ1) is 37.8. The molecule has 0 radical (unpaired) electrons. The highest BCUT2D eigenvalue weighted by atomic mass is 35.5. The van der Waals surface area contributed by atoms with Gasteiger partial charge in [-0.2, -0.15) is 0 Å². The highest BCUT2D eigenvalue weighted by molar-refractivity contribution is 5.89. The number of halogens is 1. The van der Waals surface area contributed by atoms with E-state index in [0.717, 1.165) is 36.8 Å². The summed E-state index contributed by atoms with van der Waals surface area (Å²) >= 11 is 0. The van der Waals surface area contributed by atoms with Crippen LogP contribution in [0.5, 0.6) is 11.5 Å². The monoisotopic (exact) mass is 604 g/mol. The number of aromatic nitrogens is 1. The Kier molecular flexibility index (Phi) is 19.4. The summed E-state index contributed by atoms with van der Waals surface area (Å²) < 4.78 is 5.21. The van der Waals surface area contributed by atoms with Crippen molar-refractivity contribution < 1.29 is 34.8 Å². The van der Waals surface area contributed by atoms with Crippen LogP contribution in [0.4, 0.5) is 5.82 Å². The van der Waals surface area contributed by atoms with E-state index < -0.39 is 18.0 Å². The van der Waals surface area contributed by atoms with Crippen LogP contribution in [0.25, 0.3) is 0 Å². The van der Waals surface area contributed by atoms with Crippen molar-refractivity contribution in [3.63, 3.8) is 0 Å². The third-order valence-electron chi connectivity index (χ3n) is 5.34. The fraction of sp³-hybridized carbons (Fsp3) is 0.300. The number of nitrogens with zero attached hydrogens (tertiary/aromatic N) is 3. The van der Waals surface area contributed by atoms with E-state index in [1.807, 2.05) is 30.5 Å². The van der Waals surface area contributed by atoms with Crippen LogP contribution in [-0.4, -0.2) is 90.1 Å². The Bertz CT molecular complexity index is 1180. The number of carboxylic acids is 2. The number of benzene rings is 2. The molecule has 0 aliphatic rings. The minimum Gasteiger partial charge on any atom is -0.508 e. The SMILES string of the molecule is CNC[C@@H](O)c1cccc(O)c1.COc1ccc(CN(CCN(C)C)c2ccccn2)cc1.Cl.O=C(O)/C=C\C(=O)O. The number of aromatic hydroxyl groups is 1. The second-order valence-corrected chi connectivity index (χ2v) is 8.94. The number of aliphatic carboxylic acids is 2. The zero-order valence-electron chi connectivity index (χ0n) is 24.3. The zero-order chi connectivity index (χ0) is 30.6. The molecule has 1 heterocycles. The number of nitrogens with one attached hydrogen (secondary N) is 1. The predicted octanol–water partition coefficient (Wildman–Crippen LogP) is 3.44. The molecule has 42 heavy (non-hydrogen) atoms. The van der Waals surface area contributed by atoms with Gasteiger partial charge in [0, 0.05) is 44.5 Å². The molecule has 0 bridgehead atoms. The molecule has 3 rings (SSSR count). The largest absolute Gasteiger partial charge is 0.508 e. The first-order chi connectivity index (χ1) is 19.5. The van der Waals surface area contributed by atoms with Gasteiger partial charge in [-0.1, -0.05) is 30.3 Å². The molecule has 5 N–H and O–H groups in total. The number of ether oxygens (including phenoxy) is 1. The summed E-state index contributed by atoms with van der Waals surface area (Å²) in [5.74, 6) is -0.436. The van der Waals surface area contributed by atoms with Gasteiger partial charge in [-0.15, -0.1) is 12.4 Å². The Morgan fingerprint density at radius 2 is 1.62 bits per heavy atom. The second kappa shape index (κ2) is 21.6. The molecule has 0 saturated carbocycles. The van der Waals surface area contributed by atoms with Gasteiger partial charge in [-0.05, 0) is 68.7 Å². The Labute approximate surface area is 253 Å². The molecule has 12 heteroatoms. The molecule has 1 aromatic heterocycles. The lowest BCUT2D eigenvalue weighted by Gasteiger charge is -2.25. The second-order valence-electron chi connectivity index (χ2n) is 8.94. The average molecular weight is 605 g/mol. The van der Waals surface area contributed by atoms with Crippen molar-refractivity contribution in [1.82, 2.24) is 15.2 Å². The summed E-state index contributed by atoms with van der Waals surface area (Å²) in [7, 11) is 7.63. The fourth-order valence-electron chi connectivity index (χ4n) is 3.27. The van der Waals surface area contributed by atoms with Gasteiger partial charge in [-0.3, -0.25) is 0 Å². The lowest BCUT2D eigenvalue weighted by Crippen LogP contribution is -2.31.